The van der Waals surface area contributed by atoms with Crippen molar-refractivity contribution < 1.29 is 19.1 Å². The summed E-state index contributed by atoms with van der Waals surface area (Å²) in [5, 5.41) is 5.57. The average molecular weight is 815 g/mol. The van der Waals surface area contributed by atoms with Crippen LogP contribution in [0.3, 0.4) is 0 Å². The van der Waals surface area contributed by atoms with Crippen LogP contribution in [0.2, 0.25) is 0 Å². The monoisotopic (exact) mass is 815 g/mol. The van der Waals surface area contributed by atoms with Crippen LogP contribution >= 0.6 is 0 Å². The molecule has 0 unspecified atom stereocenters. The number of nitrogens with one attached hydrogen (secondary N) is 2. The van der Waals surface area contributed by atoms with E-state index in [4.69, 9.17) is 9.47 Å². The molecular weight excluding hydrogens is 721 g/mol. The Hall–Kier alpha value is -2.32. The number of benzene rings is 1. The van der Waals surface area contributed by atoms with Gasteiger partial charge < -0.3 is 19.3 Å². The van der Waals surface area contributed by atoms with Gasteiger partial charge in [0.1, 0.15) is 0 Å². The van der Waals surface area contributed by atoms with E-state index in [1.807, 2.05) is 0 Å². The maximum absolute atomic E-state index is 12.5. The van der Waals surface area contributed by atoms with Crippen LogP contribution in [-0.2, 0) is 9.47 Å². The van der Waals surface area contributed by atoms with Crippen LogP contribution in [-0.4, -0.2) is 74.5 Å². The molecule has 0 aliphatic rings. The molecule has 0 atom stereocenters. The number of carbonyl (C=O) groups is 2. The van der Waals surface area contributed by atoms with E-state index in [9.17, 15) is 9.59 Å². The van der Waals surface area contributed by atoms with Gasteiger partial charge in [0.15, 0.2) is 0 Å². The molecule has 0 heterocycles. The third-order valence-electron chi connectivity index (χ3n) is 11.6. The first-order valence-corrected chi connectivity index (χ1v) is 24.9. The molecule has 1 aromatic carbocycles. The number of ether oxygens (including phenoxy) is 2. The highest BCUT2D eigenvalue weighted by Crippen LogP contribution is 2.17. The normalized spacial score (nSPS) is 11.4. The molecule has 0 saturated heterocycles. The van der Waals surface area contributed by atoms with Crippen molar-refractivity contribution in [3.05, 3.63) is 24.3 Å². The molecule has 1 aromatic rings. The third kappa shape index (κ3) is 34.5. The molecule has 0 aliphatic heterocycles. The van der Waals surface area contributed by atoms with Crippen LogP contribution in [0, 0.1) is 0 Å². The first-order valence-electron chi connectivity index (χ1n) is 24.9. The first-order chi connectivity index (χ1) is 28.5. The van der Waals surface area contributed by atoms with Crippen LogP contribution in [0.5, 0.6) is 0 Å². The van der Waals surface area contributed by atoms with Crippen molar-refractivity contribution >= 4 is 23.6 Å². The average Bonchev–Trinajstić information content (AvgIpc) is 3.22. The number of anilines is 2. The van der Waals surface area contributed by atoms with Gasteiger partial charge in [-0.25, -0.2) is 9.59 Å². The number of rotatable bonds is 42. The summed E-state index contributed by atoms with van der Waals surface area (Å²) >= 11 is 0. The van der Waals surface area contributed by atoms with E-state index in [0.717, 1.165) is 52.1 Å². The van der Waals surface area contributed by atoms with Gasteiger partial charge in [-0.3, -0.25) is 10.6 Å². The third-order valence-corrected chi connectivity index (χ3v) is 11.6. The van der Waals surface area contributed by atoms with Crippen LogP contribution in [0.1, 0.15) is 220 Å². The second-order valence-electron chi connectivity index (χ2n) is 16.9. The molecule has 8 heteroatoms. The first kappa shape index (κ1) is 53.7. The second kappa shape index (κ2) is 41.4. The molecule has 0 fully saturated rings. The highest BCUT2D eigenvalue weighted by molar-refractivity contribution is 5.88. The molecule has 58 heavy (non-hydrogen) atoms. The van der Waals surface area contributed by atoms with Crippen molar-refractivity contribution in [2.45, 2.75) is 220 Å². The van der Waals surface area contributed by atoms with E-state index < -0.39 is 12.2 Å². The lowest BCUT2D eigenvalue weighted by molar-refractivity contribution is 0.151. The van der Waals surface area contributed by atoms with Crippen LogP contribution in [0.25, 0.3) is 0 Å². The minimum Gasteiger partial charge on any atom is -0.449 e. The predicted molar refractivity (Wildman–Crippen MR) is 250 cm³/mol. The molecule has 0 bridgehead atoms. The second-order valence-corrected chi connectivity index (χ2v) is 16.9. The van der Waals surface area contributed by atoms with Crippen molar-refractivity contribution in [2.24, 2.45) is 0 Å². The lowest BCUT2D eigenvalue weighted by Gasteiger charge is -2.20. The zero-order valence-corrected chi connectivity index (χ0v) is 38.7. The number of hydrogen-bond donors (Lipinski definition) is 2. The van der Waals surface area contributed by atoms with Crippen LogP contribution in [0.15, 0.2) is 24.3 Å². The van der Waals surface area contributed by atoms with Gasteiger partial charge in [-0.1, -0.05) is 201 Å². The molecule has 1 rings (SSSR count). The van der Waals surface area contributed by atoms with Gasteiger partial charge >= 0.3 is 12.2 Å². The summed E-state index contributed by atoms with van der Waals surface area (Å²) < 4.78 is 10.9. The molecule has 0 saturated carbocycles. The van der Waals surface area contributed by atoms with E-state index in [1.54, 1.807) is 24.3 Å². The van der Waals surface area contributed by atoms with Crippen molar-refractivity contribution in [3.63, 3.8) is 0 Å². The van der Waals surface area contributed by atoms with E-state index >= 15 is 0 Å². The molecule has 0 aliphatic carbocycles. The molecule has 0 spiro atoms. The van der Waals surface area contributed by atoms with Crippen molar-refractivity contribution in [1.82, 2.24) is 9.80 Å². The summed E-state index contributed by atoms with van der Waals surface area (Å²) in [6.07, 6.45) is 39.3. The molecule has 8 nitrogen and oxygen atoms in total. The summed E-state index contributed by atoms with van der Waals surface area (Å²) in [7, 11) is 0. The van der Waals surface area contributed by atoms with Crippen LogP contribution in [0.4, 0.5) is 21.0 Å². The highest BCUT2D eigenvalue weighted by atomic mass is 16.6. The van der Waals surface area contributed by atoms with Gasteiger partial charge in [0.05, 0.1) is 13.2 Å². The highest BCUT2D eigenvalue weighted by Gasteiger charge is 2.09. The van der Waals surface area contributed by atoms with Crippen molar-refractivity contribution in [1.29, 1.82) is 0 Å². The minimum atomic E-state index is -0.482. The van der Waals surface area contributed by atoms with Gasteiger partial charge in [-0.15, -0.1) is 0 Å². The molecular formula is C50H94N4O4. The molecule has 2 amide bonds. The predicted octanol–water partition coefficient (Wildman–Crippen LogP) is 15.2. The Morgan fingerprint density at radius 2 is 0.690 bits per heavy atom. The lowest BCUT2D eigenvalue weighted by Crippen LogP contribution is -2.27. The van der Waals surface area contributed by atoms with E-state index in [2.05, 4.69) is 48.1 Å². The minimum absolute atomic E-state index is 0.375. The Balaban J connectivity index is 2.06. The zero-order chi connectivity index (χ0) is 42.0. The maximum atomic E-state index is 12.5. The van der Waals surface area contributed by atoms with Gasteiger partial charge in [-0.05, 0) is 70.1 Å². The summed E-state index contributed by atoms with van der Waals surface area (Å²) in [5.41, 5.74) is 1.13. The number of hydrogen-bond acceptors (Lipinski definition) is 6. The van der Waals surface area contributed by atoms with Gasteiger partial charge in [-0.2, -0.15) is 0 Å². The Morgan fingerprint density at radius 3 is 0.983 bits per heavy atom. The number of unbranched alkanes of at least 4 members (excludes halogenated alkanes) is 26. The van der Waals surface area contributed by atoms with Gasteiger partial charge in [0.2, 0.25) is 0 Å². The van der Waals surface area contributed by atoms with Gasteiger partial charge in [0, 0.05) is 24.5 Å². The number of carbonyl (C=O) groups excluding carboxylic acids is 2. The van der Waals surface area contributed by atoms with E-state index in [0.29, 0.717) is 24.6 Å². The zero-order valence-electron chi connectivity index (χ0n) is 38.7. The fourth-order valence-electron chi connectivity index (χ4n) is 7.80. The Labute approximate surface area is 359 Å². The SMILES string of the molecule is CCCCCCCCCCCCCCCCN(CC)CCCOC(=O)Nc1cccc(NC(=O)OCCCN(CC)CCCCCCCCCCCCCCCC)c1. The fourth-order valence-corrected chi connectivity index (χ4v) is 7.80. The van der Waals surface area contributed by atoms with E-state index in [1.165, 1.54) is 180 Å². The number of amides is 2. The Kier molecular flexibility index (Phi) is 38.3. The summed E-state index contributed by atoms with van der Waals surface area (Å²) in [5.74, 6) is 0. The molecule has 0 aromatic heterocycles. The van der Waals surface area contributed by atoms with Gasteiger partial charge in [0.25, 0.3) is 0 Å². The quantitative estimate of drug-likeness (QED) is 0.0640. The van der Waals surface area contributed by atoms with E-state index in [-0.39, 0.29) is 0 Å². The maximum Gasteiger partial charge on any atom is 0.411 e. The summed E-state index contributed by atoms with van der Waals surface area (Å²) in [4.78, 5) is 29.8. The molecule has 338 valence electrons. The number of nitrogens with zero attached hydrogens (tertiary/aromatic N) is 2. The summed E-state index contributed by atoms with van der Waals surface area (Å²) in [6.45, 7) is 15.8. The van der Waals surface area contributed by atoms with Crippen LogP contribution < -0.4 is 10.6 Å². The lowest BCUT2D eigenvalue weighted by atomic mass is 10.0. The topological polar surface area (TPSA) is 83.1 Å². The molecule has 0 radical (unpaired) electrons. The summed E-state index contributed by atoms with van der Waals surface area (Å²) in [6, 6.07) is 7.07. The van der Waals surface area contributed by atoms with Crippen molar-refractivity contribution in [2.75, 3.05) is 63.1 Å². The Bertz CT molecular complexity index is 979. The molecule has 2 N–H and O–H groups in total. The fraction of sp³-hybridized carbons (Fsp3) is 0.840. The largest absolute Gasteiger partial charge is 0.449 e. The smallest absolute Gasteiger partial charge is 0.411 e. The standard InChI is InChI=1S/C50H94N4O4/c1-5-9-11-13-15-17-19-21-23-25-27-29-31-33-40-53(7-3)42-36-44-57-49(55)51-47-38-35-39-48(46-47)52-50(56)58-45-37-43-54(8-4)41-34-32-30-28-26-24-22-20-18-16-14-12-10-6-2/h35,38-39,46H,5-34,36-37,40-45H2,1-4H3,(H,51,55)(H,52,56). The van der Waals surface area contributed by atoms with Crippen molar-refractivity contribution in [3.8, 4) is 0 Å². The Morgan fingerprint density at radius 1 is 0.414 bits per heavy atom.